The zero-order valence-electron chi connectivity index (χ0n) is 14.8. The lowest BCUT2D eigenvalue weighted by Gasteiger charge is -2.21. The fourth-order valence-corrected chi connectivity index (χ4v) is 2.87. The number of rotatable bonds is 4. The number of guanidine groups is 1. The van der Waals surface area contributed by atoms with Gasteiger partial charge in [0.05, 0.1) is 25.3 Å². The van der Waals surface area contributed by atoms with Gasteiger partial charge in [-0.3, -0.25) is 9.78 Å². The molecule has 0 saturated carbocycles. The number of aryl methyl sites for hydroxylation is 1. The predicted octanol–water partition coefficient (Wildman–Crippen LogP) is 2.21. The van der Waals surface area contributed by atoms with Crippen LogP contribution < -0.4 is 5.32 Å². The van der Waals surface area contributed by atoms with Crippen molar-refractivity contribution in [3.05, 3.63) is 29.6 Å². The van der Waals surface area contributed by atoms with E-state index in [0.29, 0.717) is 13.1 Å². The Hall–Kier alpha value is -1.38. The van der Waals surface area contributed by atoms with E-state index >= 15 is 0 Å². The van der Waals surface area contributed by atoms with Crippen molar-refractivity contribution in [2.24, 2.45) is 16.8 Å². The Morgan fingerprint density at radius 2 is 2.21 bits per heavy atom. The number of aromatic nitrogens is 1. The van der Waals surface area contributed by atoms with Gasteiger partial charge < -0.3 is 15.0 Å². The van der Waals surface area contributed by atoms with Crippen molar-refractivity contribution in [2.45, 2.75) is 27.3 Å². The molecule has 1 aliphatic heterocycles. The molecule has 1 fully saturated rings. The van der Waals surface area contributed by atoms with E-state index in [0.717, 1.165) is 30.4 Å². The van der Waals surface area contributed by atoms with E-state index in [9.17, 15) is 4.79 Å². The van der Waals surface area contributed by atoms with Gasteiger partial charge in [-0.25, -0.2) is 4.99 Å². The molecule has 1 aromatic heterocycles. The van der Waals surface area contributed by atoms with Crippen LogP contribution in [-0.2, 0) is 16.1 Å². The summed E-state index contributed by atoms with van der Waals surface area (Å²) in [4.78, 5) is 23.1. The number of methoxy groups -OCH3 is 1. The number of aliphatic imine (C=N–C) groups is 1. The molecule has 2 rings (SSSR count). The first-order valence-corrected chi connectivity index (χ1v) is 8.08. The van der Waals surface area contributed by atoms with Crippen LogP contribution in [0.2, 0.25) is 0 Å². The minimum Gasteiger partial charge on any atom is -0.469 e. The number of pyridine rings is 1. The normalized spacial score (nSPS) is 20.5. The van der Waals surface area contributed by atoms with Crippen molar-refractivity contribution in [3.8, 4) is 0 Å². The molecule has 1 aromatic rings. The van der Waals surface area contributed by atoms with Crippen molar-refractivity contribution < 1.29 is 9.53 Å². The van der Waals surface area contributed by atoms with Crippen molar-refractivity contribution in [1.82, 2.24) is 15.2 Å². The van der Waals surface area contributed by atoms with Gasteiger partial charge in [0.1, 0.15) is 0 Å². The SMILES string of the molecule is CCNC(=NCc1cccc(C)n1)N1CC(C)C(C(=O)OC)C1.I. The summed E-state index contributed by atoms with van der Waals surface area (Å²) in [5.41, 5.74) is 1.93. The lowest BCUT2D eigenvalue weighted by Crippen LogP contribution is -2.40. The number of nitrogens with one attached hydrogen (secondary N) is 1. The summed E-state index contributed by atoms with van der Waals surface area (Å²) >= 11 is 0. The van der Waals surface area contributed by atoms with E-state index in [1.165, 1.54) is 7.11 Å². The number of ether oxygens (including phenoxy) is 1. The number of esters is 1. The third kappa shape index (κ3) is 5.32. The number of nitrogens with zero attached hydrogens (tertiary/aromatic N) is 3. The standard InChI is InChI=1S/C17H26N4O2.HI/c1-5-18-17(19-9-14-8-6-7-13(3)20-14)21-10-12(2)15(11-21)16(22)23-4;/h6-8,12,15H,5,9-11H2,1-4H3,(H,18,19);1H. The average Bonchev–Trinajstić information content (AvgIpc) is 2.92. The molecule has 0 radical (unpaired) electrons. The van der Waals surface area contributed by atoms with E-state index in [1.807, 2.05) is 32.0 Å². The number of halogens is 1. The lowest BCUT2D eigenvalue weighted by atomic mass is 9.99. The maximum Gasteiger partial charge on any atom is 0.310 e. The van der Waals surface area contributed by atoms with Crippen molar-refractivity contribution in [3.63, 3.8) is 0 Å². The van der Waals surface area contributed by atoms with Crippen LogP contribution in [0.3, 0.4) is 0 Å². The van der Waals surface area contributed by atoms with Gasteiger partial charge in [0.2, 0.25) is 0 Å². The van der Waals surface area contributed by atoms with E-state index in [2.05, 4.69) is 27.1 Å². The summed E-state index contributed by atoms with van der Waals surface area (Å²) < 4.78 is 4.90. The third-order valence-electron chi connectivity index (χ3n) is 4.09. The number of likely N-dealkylation sites (tertiary alicyclic amines) is 1. The molecule has 0 bridgehead atoms. The summed E-state index contributed by atoms with van der Waals surface area (Å²) in [7, 11) is 1.44. The molecule has 2 heterocycles. The van der Waals surface area contributed by atoms with Gasteiger partial charge >= 0.3 is 5.97 Å². The number of carbonyl (C=O) groups excluding carboxylic acids is 1. The Bertz CT molecular complexity index is 579. The third-order valence-corrected chi connectivity index (χ3v) is 4.09. The molecule has 1 aliphatic rings. The molecular weight excluding hydrogens is 419 g/mol. The Balaban J connectivity index is 0.00000288. The molecule has 2 unspecified atom stereocenters. The predicted molar refractivity (Wildman–Crippen MR) is 105 cm³/mol. The van der Waals surface area contributed by atoms with Crippen molar-refractivity contribution in [2.75, 3.05) is 26.7 Å². The van der Waals surface area contributed by atoms with Crippen LogP contribution in [0.4, 0.5) is 0 Å². The molecule has 1 N–H and O–H groups in total. The van der Waals surface area contributed by atoms with Crippen LogP contribution in [-0.4, -0.2) is 48.6 Å². The highest BCUT2D eigenvalue weighted by Crippen LogP contribution is 2.24. The second-order valence-corrected chi connectivity index (χ2v) is 5.95. The highest BCUT2D eigenvalue weighted by atomic mass is 127. The van der Waals surface area contributed by atoms with Crippen LogP contribution in [0.25, 0.3) is 0 Å². The first kappa shape index (κ1) is 20.7. The van der Waals surface area contributed by atoms with E-state index in [4.69, 9.17) is 4.74 Å². The highest BCUT2D eigenvalue weighted by molar-refractivity contribution is 14.0. The number of carbonyl (C=O) groups is 1. The van der Waals surface area contributed by atoms with Crippen molar-refractivity contribution in [1.29, 1.82) is 0 Å². The van der Waals surface area contributed by atoms with Crippen LogP contribution in [0.1, 0.15) is 25.2 Å². The first-order chi connectivity index (χ1) is 11.0. The van der Waals surface area contributed by atoms with E-state index in [-0.39, 0.29) is 41.8 Å². The molecule has 0 amide bonds. The first-order valence-electron chi connectivity index (χ1n) is 8.08. The van der Waals surface area contributed by atoms with Gasteiger partial charge in [-0.15, -0.1) is 24.0 Å². The summed E-state index contributed by atoms with van der Waals surface area (Å²) in [6, 6.07) is 5.94. The monoisotopic (exact) mass is 446 g/mol. The quantitative estimate of drug-likeness (QED) is 0.333. The smallest absolute Gasteiger partial charge is 0.310 e. The fourth-order valence-electron chi connectivity index (χ4n) is 2.87. The maximum atomic E-state index is 11.8. The zero-order chi connectivity index (χ0) is 16.8. The molecule has 134 valence electrons. The topological polar surface area (TPSA) is 66.8 Å². The summed E-state index contributed by atoms with van der Waals surface area (Å²) in [5, 5.41) is 3.30. The minimum atomic E-state index is -0.142. The van der Waals surface area contributed by atoms with Crippen LogP contribution in [0, 0.1) is 18.8 Å². The summed E-state index contributed by atoms with van der Waals surface area (Å²) in [6.45, 7) is 8.84. The van der Waals surface area contributed by atoms with Crippen LogP contribution in [0.15, 0.2) is 23.2 Å². The summed E-state index contributed by atoms with van der Waals surface area (Å²) in [6.07, 6.45) is 0. The molecule has 0 spiro atoms. The Morgan fingerprint density at radius 1 is 1.46 bits per heavy atom. The van der Waals surface area contributed by atoms with Gasteiger partial charge in [-0.2, -0.15) is 0 Å². The molecule has 2 atom stereocenters. The molecule has 7 heteroatoms. The Kier molecular flexibility index (Phi) is 8.44. The largest absolute Gasteiger partial charge is 0.469 e. The average molecular weight is 446 g/mol. The number of hydrogen-bond donors (Lipinski definition) is 1. The van der Waals surface area contributed by atoms with Crippen LogP contribution in [0.5, 0.6) is 0 Å². The Labute approximate surface area is 161 Å². The second kappa shape index (κ2) is 9.80. The highest BCUT2D eigenvalue weighted by Gasteiger charge is 2.36. The van der Waals surface area contributed by atoms with Gasteiger partial charge in [0, 0.05) is 25.3 Å². The molecule has 1 saturated heterocycles. The fraction of sp³-hybridized carbons (Fsp3) is 0.588. The summed E-state index contributed by atoms with van der Waals surface area (Å²) in [5.74, 6) is 0.842. The minimum absolute atomic E-state index is 0. The maximum absolute atomic E-state index is 11.8. The van der Waals surface area contributed by atoms with Crippen molar-refractivity contribution >= 4 is 35.9 Å². The van der Waals surface area contributed by atoms with Gasteiger partial charge in [0.25, 0.3) is 0 Å². The van der Waals surface area contributed by atoms with E-state index < -0.39 is 0 Å². The zero-order valence-corrected chi connectivity index (χ0v) is 17.1. The molecule has 6 nitrogen and oxygen atoms in total. The van der Waals surface area contributed by atoms with Crippen LogP contribution >= 0.6 is 24.0 Å². The van der Waals surface area contributed by atoms with Gasteiger partial charge in [-0.05, 0) is 31.9 Å². The Morgan fingerprint density at radius 3 is 2.83 bits per heavy atom. The lowest BCUT2D eigenvalue weighted by molar-refractivity contribution is -0.145. The number of hydrogen-bond acceptors (Lipinski definition) is 4. The molecule has 0 aliphatic carbocycles. The van der Waals surface area contributed by atoms with Gasteiger partial charge in [0.15, 0.2) is 5.96 Å². The second-order valence-electron chi connectivity index (χ2n) is 5.95. The van der Waals surface area contributed by atoms with E-state index in [1.54, 1.807) is 0 Å². The molecular formula is C17H27IN4O2. The van der Waals surface area contributed by atoms with Gasteiger partial charge in [-0.1, -0.05) is 13.0 Å². The molecule has 0 aromatic carbocycles. The molecule has 24 heavy (non-hydrogen) atoms.